The molecule has 3 nitrogen and oxygen atoms in total. The van der Waals surface area contributed by atoms with E-state index in [0.29, 0.717) is 18.4 Å². The minimum Gasteiger partial charge on any atom is -0.351 e. The summed E-state index contributed by atoms with van der Waals surface area (Å²) in [6.45, 7) is 5.27. The van der Waals surface area contributed by atoms with E-state index in [1.165, 1.54) is 12.1 Å². The fourth-order valence-electron chi connectivity index (χ4n) is 2.63. The van der Waals surface area contributed by atoms with Gasteiger partial charge in [-0.2, -0.15) is 0 Å². The monoisotopic (exact) mass is 300 g/mol. The quantitative estimate of drug-likeness (QED) is 0.899. The summed E-state index contributed by atoms with van der Waals surface area (Å²) in [5.74, 6) is 0.204. The molecule has 1 saturated heterocycles. The number of hydrogen-bond donors (Lipinski definition) is 2. The van der Waals surface area contributed by atoms with Gasteiger partial charge >= 0.3 is 0 Å². The maximum Gasteiger partial charge on any atom is 0.224 e. The van der Waals surface area contributed by atoms with Crippen molar-refractivity contribution >= 4 is 18.3 Å². The SMILES string of the molecule is CC1CCNC(C)C1NC(=O)Cc1ccc(F)cc1.Cl. The van der Waals surface area contributed by atoms with Crippen molar-refractivity contribution in [1.82, 2.24) is 10.6 Å². The van der Waals surface area contributed by atoms with Gasteiger partial charge < -0.3 is 10.6 Å². The molecular weight excluding hydrogens is 279 g/mol. The Labute approximate surface area is 125 Å². The molecule has 0 radical (unpaired) electrons. The van der Waals surface area contributed by atoms with Crippen molar-refractivity contribution in [3.05, 3.63) is 35.6 Å². The average molecular weight is 301 g/mol. The molecule has 3 atom stereocenters. The van der Waals surface area contributed by atoms with Gasteiger partial charge in [-0.1, -0.05) is 19.1 Å². The number of piperidine rings is 1. The highest BCUT2D eigenvalue weighted by atomic mass is 35.5. The molecule has 0 spiro atoms. The number of hydrogen-bond acceptors (Lipinski definition) is 2. The number of benzene rings is 1. The van der Waals surface area contributed by atoms with Gasteiger partial charge in [0.15, 0.2) is 0 Å². The van der Waals surface area contributed by atoms with E-state index in [2.05, 4.69) is 24.5 Å². The second-order valence-corrected chi connectivity index (χ2v) is 5.41. The second-order valence-electron chi connectivity index (χ2n) is 5.41. The number of amides is 1. The third-order valence-corrected chi connectivity index (χ3v) is 3.82. The van der Waals surface area contributed by atoms with Crippen LogP contribution in [0.1, 0.15) is 25.8 Å². The summed E-state index contributed by atoms with van der Waals surface area (Å²) in [5, 5.41) is 6.46. The van der Waals surface area contributed by atoms with Crippen LogP contribution in [-0.2, 0) is 11.2 Å². The molecule has 0 saturated carbocycles. The normalized spacial score (nSPS) is 25.6. The first-order valence-corrected chi connectivity index (χ1v) is 6.83. The van der Waals surface area contributed by atoms with Crippen LogP contribution in [-0.4, -0.2) is 24.5 Å². The van der Waals surface area contributed by atoms with E-state index in [9.17, 15) is 9.18 Å². The van der Waals surface area contributed by atoms with Crippen LogP contribution in [0, 0.1) is 11.7 Å². The summed E-state index contributed by atoms with van der Waals surface area (Å²) in [7, 11) is 0. The zero-order valence-corrected chi connectivity index (χ0v) is 12.7. The Hall–Kier alpha value is -1.13. The van der Waals surface area contributed by atoms with Crippen LogP contribution < -0.4 is 10.6 Å². The minimum absolute atomic E-state index is 0. The van der Waals surface area contributed by atoms with Crippen LogP contribution in [0.15, 0.2) is 24.3 Å². The third kappa shape index (κ3) is 4.46. The number of halogens is 2. The zero-order valence-electron chi connectivity index (χ0n) is 11.9. The molecule has 1 aliphatic heterocycles. The lowest BCUT2D eigenvalue weighted by atomic mass is 9.89. The molecule has 2 N–H and O–H groups in total. The topological polar surface area (TPSA) is 41.1 Å². The first-order chi connectivity index (χ1) is 9.06. The summed E-state index contributed by atoms with van der Waals surface area (Å²) in [6.07, 6.45) is 1.38. The fourth-order valence-corrected chi connectivity index (χ4v) is 2.63. The standard InChI is InChI=1S/C15H21FN2O.ClH/c1-10-7-8-17-11(2)15(10)18-14(19)9-12-3-5-13(16)6-4-12;/h3-6,10-11,15,17H,7-9H2,1-2H3,(H,18,19);1H. The van der Waals surface area contributed by atoms with Crippen molar-refractivity contribution in [2.24, 2.45) is 5.92 Å². The molecule has 5 heteroatoms. The number of rotatable bonds is 3. The Morgan fingerprint density at radius 2 is 2.00 bits per heavy atom. The highest BCUT2D eigenvalue weighted by Gasteiger charge is 2.28. The minimum atomic E-state index is -0.275. The predicted molar refractivity (Wildman–Crippen MR) is 80.5 cm³/mol. The molecule has 1 aromatic carbocycles. The van der Waals surface area contributed by atoms with Gasteiger partial charge in [0.25, 0.3) is 0 Å². The Morgan fingerprint density at radius 1 is 1.35 bits per heavy atom. The van der Waals surface area contributed by atoms with Crippen molar-refractivity contribution in [2.75, 3.05) is 6.54 Å². The molecule has 0 aromatic heterocycles. The van der Waals surface area contributed by atoms with Crippen LogP contribution in [0.4, 0.5) is 4.39 Å². The third-order valence-electron chi connectivity index (χ3n) is 3.82. The van der Waals surface area contributed by atoms with Crippen molar-refractivity contribution < 1.29 is 9.18 Å². The van der Waals surface area contributed by atoms with E-state index >= 15 is 0 Å². The Bertz CT molecular complexity index is 428. The highest BCUT2D eigenvalue weighted by molar-refractivity contribution is 5.85. The van der Waals surface area contributed by atoms with Crippen LogP contribution in [0.25, 0.3) is 0 Å². The lowest BCUT2D eigenvalue weighted by Crippen LogP contribution is -2.56. The van der Waals surface area contributed by atoms with Crippen molar-refractivity contribution in [2.45, 2.75) is 38.8 Å². The van der Waals surface area contributed by atoms with Gasteiger partial charge in [-0.25, -0.2) is 4.39 Å². The molecule has 1 aliphatic rings. The molecule has 1 amide bonds. The molecule has 1 heterocycles. The summed E-state index contributed by atoms with van der Waals surface area (Å²) in [4.78, 5) is 12.0. The van der Waals surface area contributed by atoms with Crippen LogP contribution >= 0.6 is 12.4 Å². The average Bonchev–Trinajstić information content (AvgIpc) is 2.37. The largest absolute Gasteiger partial charge is 0.351 e. The van der Waals surface area contributed by atoms with Gasteiger partial charge in [0, 0.05) is 12.1 Å². The van der Waals surface area contributed by atoms with E-state index in [1.54, 1.807) is 12.1 Å². The number of carbonyl (C=O) groups is 1. The van der Waals surface area contributed by atoms with Crippen molar-refractivity contribution in [3.63, 3.8) is 0 Å². The number of nitrogens with one attached hydrogen (secondary N) is 2. The molecule has 0 aliphatic carbocycles. The smallest absolute Gasteiger partial charge is 0.224 e. The molecule has 0 bridgehead atoms. The van der Waals surface area contributed by atoms with Gasteiger partial charge in [0.1, 0.15) is 5.82 Å². The van der Waals surface area contributed by atoms with Crippen LogP contribution in [0.2, 0.25) is 0 Å². The van der Waals surface area contributed by atoms with Crippen molar-refractivity contribution in [1.29, 1.82) is 0 Å². The second kappa shape index (κ2) is 7.60. The first kappa shape index (κ1) is 16.9. The molecule has 1 fully saturated rings. The highest BCUT2D eigenvalue weighted by Crippen LogP contribution is 2.16. The van der Waals surface area contributed by atoms with Gasteiger partial charge in [0.05, 0.1) is 6.42 Å². The van der Waals surface area contributed by atoms with Crippen molar-refractivity contribution in [3.8, 4) is 0 Å². The first-order valence-electron chi connectivity index (χ1n) is 6.83. The maximum atomic E-state index is 12.8. The lowest BCUT2D eigenvalue weighted by molar-refractivity contribution is -0.121. The summed E-state index contributed by atoms with van der Waals surface area (Å²) >= 11 is 0. The Kier molecular flexibility index (Phi) is 6.43. The lowest BCUT2D eigenvalue weighted by Gasteiger charge is -2.36. The van der Waals surface area contributed by atoms with E-state index in [0.717, 1.165) is 18.5 Å². The Morgan fingerprint density at radius 3 is 2.60 bits per heavy atom. The van der Waals surface area contributed by atoms with Gasteiger partial charge in [0.2, 0.25) is 5.91 Å². The van der Waals surface area contributed by atoms with E-state index in [1.807, 2.05) is 0 Å². The van der Waals surface area contributed by atoms with Gasteiger partial charge in [-0.15, -0.1) is 12.4 Å². The number of carbonyl (C=O) groups excluding carboxylic acids is 1. The molecule has 2 rings (SSSR count). The molecule has 112 valence electrons. The van der Waals surface area contributed by atoms with E-state index < -0.39 is 0 Å². The van der Waals surface area contributed by atoms with Gasteiger partial charge in [-0.3, -0.25) is 4.79 Å². The molecular formula is C15H22ClFN2O. The predicted octanol–water partition coefficient (Wildman–Crippen LogP) is 2.29. The summed E-state index contributed by atoms with van der Waals surface area (Å²) in [6, 6.07) is 6.54. The van der Waals surface area contributed by atoms with Crippen LogP contribution in [0.3, 0.4) is 0 Å². The Balaban J connectivity index is 0.00000200. The van der Waals surface area contributed by atoms with Crippen LogP contribution in [0.5, 0.6) is 0 Å². The molecule has 20 heavy (non-hydrogen) atoms. The van der Waals surface area contributed by atoms with E-state index in [-0.39, 0.29) is 30.2 Å². The fraction of sp³-hybridized carbons (Fsp3) is 0.533. The summed E-state index contributed by atoms with van der Waals surface area (Å²) in [5.41, 5.74) is 0.836. The van der Waals surface area contributed by atoms with Gasteiger partial charge in [-0.05, 0) is 43.5 Å². The maximum absolute atomic E-state index is 12.8. The van der Waals surface area contributed by atoms with E-state index in [4.69, 9.17) is 0 Å². The molecule has 1 aromatic rings. The summed E-state index contributed by atoms with van der Waals surface area (Å²) < 4.78 is 12.8. The zero-order chi connectivity index (χ0) is 13.8. The molecule has 3 unspecified atom stereocenters.